The van der Waals surface area contributed by atoms with Crippen LogP contribution >= 0.6 is 11.8 Å². The number of rotatable bonds is 4. The molecule has 1 aliphatic rings. The molecule has 2 rings (SSSR count). The first kappa shape index (κ1) is 16.9. The van der Waals surface area contributed by atoms with Crippen LogP contribution in [0.5, 0.6) is 0 Å². The summed E-state index contributed by atoms with van der Waals surface area (Å²) >= 11 is 1.22. The smallest absolute Gasteiger partial charge is 0.445 e. The van der Waals surface area contributed by atoms with Crippen LogP contribution in [0.2, 0.25) is 0 Å². The maximum Gasteiger partial charge on any atom is 1.00 e. The molecule has 1 aromatic rings. The van der Waals surface area contributed by atoms with E-state index in [0.717, 1.165) is 24.2 Å². The molecular formula is C12H13BF3KS. The van der Waals surface area contributed by atoms with Gasteiger partial charge in [-0.1, -0.05) is 6.07 Å². The van der Waals surface area contributed by atoms with Crippen molar-refractivity contribution in [3.05, 3.63) is 41.4 Å². The van der Waals surface area contributed by atoms with Crippen LogP contribution in [-0.2, 0) is 12.8 Å². The Hall–Kier alpha value is 0.801. The Morgan fingerprint density at radius 2 is 1.89 bits per heavy atom. The minimum absolute atomic E-state index is 0. The van der Waals surface area contributed by atoms with Gasteiger partial charge in [0, 0.05) is 4.90 Å². The Balaban J connectivity index is 0.00000162. The largest absolute Gasteiger partial charge is 1.00 e. The number of halogens is 3. The molecule has 0 spiro atoms. The van der Waals surface area contributed by atoms with E-state index in [9.17, 15) is 12.9 Å². The quantitative estimate of drug-likeness (QED) is 0.594. The van der Waals surface area contributed by atoms with Crippen molar-refractivity contribution in [2.45, 2.75) is 24.2 Å². The van der Waals surface area contributed by atoms with Crippen molar-refractivity contribution < 1.29 is 64.3 Å². The van der Waals surface area contributed by atoms with E-state index in [1.807, 2.05) is 18.2 Å². The van der Waals surface area contributed by atoms with E-state index in [4.69, 9.17) is 0 Å². The first-order valence-corrected chi connectivity index (χ1v) is 6.57. The van der Waals surface area contributed by atoms with Crippen molar-refractivity contribution in [1.29, 1.82) is 0 Å². The molecule has 0 aromatic heterocycles. The molecule has 6 heteroatoms. The van der Waals surface area contributed by atoms with Crippen molar-refractivity contribution in [3.63, 3.8) is 0 Å². The minimum atomic E-state index is -4.89. The summed E-state index contributed by atoms with van der Waals surface area (Å²) in [7, 11) is 0. The van der Waals surface area contributed by atoms with Crippen LogP contribution in [0.15, 0.2) is 35.1 Å². The first-order chi connectivity index (χ1) is 7.97. The van der Waals surface area contributed by atoms with E-state index in [2.05, 4.69) is 6.58 Å². The second-order valence-corrected chi connectivity index (χ2v) is 5.35. The van der Waals surface area contributed by atoms with Crippen LogP contribution in [0.25, 0.3) is 0 Å². The third-order valence-electron chi connectivity index (χ3n) is 2.96. The molecule has 18 heavy (non-hydrogen) atoms. The Labute approximate surface area is 152 Å². The van der Waals surface area contributed by atoms with Gasteiger partial charge in [0.05, 0.1) is 0 Å². The van der Waals surface area contributed by atoms with Gasteiger partial charge in [0.1, 0.15) is 0 Å². The van der Waals surface area contributed by atoms with Gasteiger partial charge in [-0.25, -0.2) is 0 Å². The molecular weight excluding hydrogens is 283 g/mol. The molecule has 1 aromatic carbocycles. The molecule has 0 heterocycles. The fraction of sp³-hybridized carbons (Fsp3) is 0.333. The van der Waals surface area contributed by atoms with E-state index >= 15 is 0 Å². The molecule has 1 aliphatic carbocycles. The topological polar surface area (TPSA) is 0 Å². The predicted octanol–water partition coefficient (Wildman–Crippen LogP) is 1.21. The number of benzene rings is 1. The van der Waals surface area contributed by atoms with Crippen molar-refractivity contribution in [1.82, 2.24) is 0 Å². The van der Waals surface area contributed by atoms with Crippen LogP contribution in [0, 0.1) is 0 Å². The standard InChI is InChI=1S/C12H13BF3S.K/c1-9(13(14,15)16)8-17-12-6-5-10-3-2-4-11(10)7-12;/h5-7H,1-4,8H2;/q-1;+1. The summed E-state index contributed by atoms with van der Waals surface area (Å²) in [6.07, 6.45) is 3.30. The molecule has 0 atom stereocenters. The van der Waals surface area contributed by atoms with Gasteiger partial charge < -0.3 is 12.9 Å². The van der Waals surface area contributed by atoms with Gasteiger partial charge in [-0.2, -0.15) is 0 Å². The van der Waals surface area contributed by atoms with Gasteiger partial charge in [0.15, 0.2) is 0 Å². The zero-order valence-corrected chi connectivity index (χ0v) is 14.3. The summed E-state index contributed by atoms with van der Waals surface area (Å²) in [4.78, 5) is 0.909. The zero-order chi connectivity index (χ0) is 12.5. The van der Waals surface area contributed by atoms with Crippen LogP contribution in [0.1, 0.15) is 17.5 Å². The van der Waals surface area contributed by atoms with E-state index in [1.54, 1.807) is 0 Å². The number of hydrogen-bond acceptors (Lipinski definition) is 1. The molecule has 0 N–H and O–H groups in total. The first-order valence-electron chi connectivity index (χ1n) is 5.59. The summed E-state index contributed by atoms with van der Waals surface area (Å²) in [6.45, 7) is -1.80. The zero-order valence-electron chi connectivity index (χ0n) is 10.4. The third kappa shape index (κ3) is 4.42. The molecule has 0 radical (unpaired) electrons. The van der Waals surface area contributed by atoms with Gasteiger partial charge in [-0.15, -0.1) is 23.8 Å². The molecule has 0 unspecified atom stereocenters. The summed E-state index contributed by atoms with van der Waals surface area (Å²) in [6, 6.07) is 5.96. The maximum atomic E-state index is 12.3. The van der Waals surface area contributed by atoms with Gasteiger partial charge in [0.25, 0.3) is 0 Å². The Kier molecular flexibility index (Phi) is 6.55. The van der Waals surface area contributed by atoms with Crippen molar-refractivity contribution in [3.8, 4) is 0 Å². The summed E-state index contributed by atoms with van der Waals surface area (Å²) in [5, 5.41) is 0. The van der Waals surface area contributed by atoms with E-state index in [1.165, 1.54) is 22.9 Å². The molecule has 0 nitrogen and oxygen atoms in total. The van der Waals surface area contributed by atoms with E-state index in [-0.39, 0.29) is 57.1 Å². The van der Waals surface area contributed by atoms with Crippen LogP contribution in [0.4, 0.5) is 12.9 Å². The van der Waals surface area contributed by atoms with Gasteiger partial charge in [-0.3, -0.25) is 0 Å². The third-order valence-corrected chi connectivity index (χ3v) is 4.06. The van der Waals surface area contributed by atoms with Crippen molar-refractivity contribution in [2.75, 3.05) is 5.75 Å². The monoisotopic (exact) mass is 296 g/mol. The second kappa shape index (κ2) is 7.00. The minimum Gasteiger partial charge on any atom is -0.445 e. The summed E-state index contributed by atoms with van der Waals surface area (Å²) in [5.74, 6) is -0.0672. The summed E-state index contributed by atoms with van der Waals surface area (Å²) < 4.78 is 37.0. The Morgan fingerprint density at radius 1 is 1.22 bits per heavy atom. The van der Waals surface area contributed by atoms with E-state index in [0.29, 0.717) is 0 Å². The van der Waals surface area contributed by atoms with Crippen LogP contribution < -0.4 is 51.4 Å². The number of fused-ring (bicyclic) bond motifs is 1. The SMILES string of the molecule is C=C(CSc1ccc2c(c1)CCC2)[B-](F)(F)F.[K+]. The number of aryl methyl sites for hydroxylation is 2. The van der Waals surface area contributed by atoms with Gasteiger partial charge in [0.2, 0.25) is 0 Å². The number of hydrogen-bond donors (Lipinski definition) is 0. The molecule has 0 amide bonds. The maximum absolute atomic E-state index is 12.3. The molecule has 0 aliphatic heterocycles. The van der Waals surface area contributed by atoms with Crippen molar-refractivity contribution in [2.24, 2.45) is 0 Å². The fourth-order valence-corrected chi connectivity index (χ4v) is 2.84. The summed E-state index contributed by atoms with van der Waals surface area (Å²) in [5.41, 5.74) is 2.02. The molecule has 0 saturated carbocycles. The Bertz CT molecular complexity index is 445. The Morgan fingerprint density at radius 3 is 2.56 bits per heavy atom. The van der Waals surface area contributed by atoms with E-state index < -0.39 is 12.4 Å². The normalized spacial score (nSPS) is 13.9. The number of thioether (sulfide) groups is 1. The molecule has 92 valence electrons. The molecule has 0 bridgehead atoms. The molecule has 0 saturated heterocycles. The van der Waals surface area contributed by atoms with Crippen LogP contribution in [-0.4, -0.2) is 12.7 Å². The second-order valence-electron chi connectivity index (χ2n) is 4.31. The van der Waals surface area contributed by atoms with Gasteiger partial charge >= 0.3 is 58.4 Å². The van der Waals surface area contributed by atoms with Crippen molar-refractivity contribution >= 4 is 18.7 Å². The molecule has 0 fully saturated rings. The average Bonchev–Trinajstić information content (AvgIpc) is 2.71. The average molecular weight is 296 g/mol. The predicted molar refractivity (Wildman–Crippen MR) is 67.4 cm³/mol. The van der Waals surface area contributed by atoms with Gasteiger partial charge in [-0.05, 0) is 48.3 Å². The van der Waals surface area contributed by atoms with Crippen LogP contribution in [0.3, 0.4) is 0 Å². The fourth-order valence-electron chi connectivity index (χ4n) is 1.91.